The molecule has 0 aliphatic heterocycles. The summed E-state index contributed by atoms with van der Waals surface area (Å²) in [7, 11) is 4.70. The second kappa shape index (κ2) is 8.37. The number of hydrogen-bond acceptors (Lipinski definition) is 5. The SMILES string of the molecule is CONC(C)(OC)C(OC)(OCc1ccccc1)c1ccccc1. The molecule has 0 radical (unpaired) electrons. The molecule has 0 bridgehead atoms. The van der Waals surface area contributed by atoms with Gasteiger partial charge >= 0.3 is 0 Å². The lowest BCUT2D eigenvalue weighted by atomic mass is 9.95. The zero-order chi connectivity index (χ0) is 17.5. The van der Waals surface area contributed by atoms with Crippen LogP contribution in [0.5, 0.6) is 0 Å². The van der Waals surface area contributed by atoms with Crippen LogP contribution in [0.3, 0.4) is 0 Å². The minimum absolute atomic E-state index is 0.355. The van der Waals surface area contributed by atoms with Gasteiger partial charge in [-0.25, -0.2) is 0 Å². The number of methoxy groups -OCH3 is 2. The molecule has 0 saturated heterocycles. The van der Waals surface area contributed by atoms with Gasteiger partial charge in [0.2, 0.25) is 5.79 Å². The zero-order valence-electron chi connectivity index (χ0n) is 14.6. The van der Waals surface area contributed by atoms with Crippen LogP contribution >= 0.6 is 0 Å². The van der Waals surface area contributed by atoms with Gasteiger partial charge in [-0.3, -0.25) is 0 Å². The van der Waals surface area contributed by atoms with Crippen molar-refractivity contribution in [3.63, 3.8) is 0 Å². The minimum Gasteiger partial charge on any atom is -0.356 e. The third kappa shape index (κ3) is 3.66. The molecular formula is C19H25NO4. The summed E-state index contributed by atoms with van der Waals surface area (Å²) in [4.78, 5) is 5.14. The average molecular weight is 331 g/mol. The normalized spacial score (nSPS) is 16.3. The maximum absolute atomic E-state index is 6.27. The van der Waals surface area contributed by atoms with Crippen molar-refractivity contribution in [2.75, 3.05) is 21.3 Å². The van der Waals surface area contributed by atoms with Crippen molar-refractivity contribution < 1.29 is 19.0 Å². The Hall–Kier alpha value is -1.76. The van der Waals surface area contributed by atoms with Crippen molar-refractivity contribution in [3.8, 4) is 0 Å². The highest BCUT2D eigenvalue weighted by molar-refractivity contribution is 5.24. The molecule has 130 valence electrons. The summed E-state index contributed by atoms with van der Waals surface area (Å²) in [6.45, 7) is 2.17. The van der Waals surface area contributed by atoms with Gasteiger partial charge in [-0.2, -0.15) is 5.48 Å². The number of hydrogen-bond donors (Lipinski definition) is 1. The smallest absolute Gasteiger partial charge is 0.240 e. The van der Waals surface area contributed by atoms with Crippen LogP contribution in [-0.2, 0) is 31.4 Å². The Morgan fingerprint density at radius 1 is 0.833 bits per heavy atom. The third-order valence-electron chi connectivity index (χ3n) is 4.06. The van der Waals surface area contributed by atoms with Crippen molar-refractivity contribution in [1.82, 2.24) is 5.48 Å². The van der Waals surface area contributed by atoms with E-state index in [0.29, 0.717) is 6.61 Å². The van der Waals surface area contributed by atoms with E-state index in [2.05, 4.69) is 5.48 Å². The number of nitrogens with one attached hydrogen (secondary N) is 1. The molecule has 0 saturated carbocycles. The molecule has 2 unspecified atom stereocenters. The van der Waals surface area contributed by atoms with E-state index in [1.54, 1.807) is 14.2 Å². The molecule has 24 heavy (non-hydrogen) atoms. The molecule has 2 atom stereocenters. The lowest BCUT2D eigenvalue weighted by molar-refractivity contribution is -0.357. The van der Waals surface area contributed by atoms with E-state index < -0.39 is 11.5 Å². The second-order valence-electron chi connectivity index (χ2n) is 5.50. The van der Waals surface area contributed by atoms with Crippen molar-refractivity contribution in [3.05, 3.63) is 71.8 Å². The molecule has 0 aliphatic carbocycles. The van der Waals surface area contributed by atoms with E-state index in [9.17, 15) is 0 Å². The lowest BCUT2D eigenvalue weighted by Gasteiger charge is -2.45. The van der Waals surface area contributed by atoms with Crippen LogP contribution in [0.1, 0.15) is 18.1 Å². The van der Waals surface area contributed by atoms with E-state index in [-0.39, 0.29) is 0 Å². The van der Waals surface area contributed by atoms with Gasteiger partial charge in [-0.15, -0.1) is 0 Å². The summed E-state index contributed by atoms with van der Waals surface area (Å²) in [6.07, 6.45) is 0. The Bertz CT molecular complexity index is 607. The zero-order valence-corrected chi connectivity index (χ0v) is 14.6. The summed E-state index contributed by atoms with van der Waals surface area (Å²) >= 11 is 0. The summed E-state index contributed by atoms with van der Waals surface area (Å²) in [6, 6.07) is 19.6. The molecule has 0 aromatic heterocycles. The second-order valence-corrected chi connectivity index (χ2v) is 5.50. The minimum atomic E-state index is -1.21. The third-order valence-corrected chi connectivity index (χ3v) is 4.06. The Labute approximate surface area is 143 Å². The first-order valence-corrected chi connectivity index (χ1v) is 7.75. The first-order chi connectivity index (χ1) is 11.6. The molecule has 1 N–H and O–H groups in total. The summed E-state index contributed by atoms with van der Waals surface area (Å²) in [5, 5.41) is 0. The number of ether oxygens (including phenoxy) is 3. The predicted molar refractivity (Wildman–Crippen MR) is 91.9 cm³/mol. The van der Waals surface area contributed by atoms with Crippen LogP contribution in [0.15, 0.2) is 60.7 Å². The van der Waals surface area contributed by atoms with Gasteiger partial charge in [-0.1, -0.05) is 60.7 Å². The quantitative estimate of drug-likeness (QED) is 0.565. The molecule has 2 aromatic carbocycles. The fraction of sp³-hybridized carbons (Fsp3) is 0.368. The standard InChI is InChI=1S/C19H25NO4/c1-18(21-2,20-23-4)19(22-3,17-13-9-6-10-14-17)24-15-16-11-7-5-8-12-16/h5-14,20H,15H2,1-4H3. The largest absolute Gasteiger partial charge is 0.356 e. The van der Waals surface area contributed by atoms with Gasteiger partial charge in [0.1, 0.15) is 0 Å². The summed E-state index contributed by atoms with van der Waals surface area (Å²) in [5.41, 5.74) is 3.64. The van der Waals surface area contributed by atoms with Crippen LogP contribution in [0.25, 0.3) is 0 Å². The number of hydroxylamine groups is 1. The molecule has 5 heteroatoms. The first kappa shape index (κ1) is 18.6. The Morgan fingerprint density at radius 3 is 1.92 bits per heavy atom. The van der Waals surface area contributed by atoms with E-state index in [4.69, 9.17) is 19.0 Å². The monoisotopic (exact) mass is 331 g/mol. The van der Waals surface area contributed by atoms with Crippen LogP contribution < -0.4 is 5.48 Å². The maximum atomic E-state index is 6.27. The van der Waals surface area contributed by atoms with Gasteiger partial charge in [-0.05, 0) is 12.5 Å². The maximum Gasteiger partial charge on any atom is 0.240 e. The molecular weight excluding hydrogens is 306 g/mol. The van der Waals surface area contributed by atoms with Gasteiger partial charge in [0.05, 0.1) is 13.7 Å². The van der Waals surface area contributed by atoms with E-state index in [0.717, 1.165) is 11.1 Å². The van der Waals surface area contributed by atoms with Gasteiger partial charge in [0.15, 0.2) is 5.72 Å². The molecule has 0 spiro atoms. The van der Waals surface area contributed by atoms with Crippen molar-refractivity contribution in [2.24, 2.45) is 0 Å². The van der Waals surface area contributed by atoms with Gasteiger partial charge in [0, 0.05) is 19.8 Å². The highest BCUT2D eigenvalue weighted by Gasteiger charge is 2.53. The first-order valence-electron chi connectivity index (χ1n) is 7.75. The van der Waals surface area contributed by atoms with Crippen LogP contribution in [-0.4, -0.2) is 27.1 Å². The van der Waals surface area contributed by atoms with Gasteiger partial charge in [0.25, 0.3) is 0 Å². The fourth-order valence-electron chi connectivity index (χ4n) is 2.72. The number of benzene rings is 2. The van der Waals surface area contributed by atoms with Gasteiger partial charge < -0.3 is 19.0 Å². The van der Waals surface area contributed by atoms with Crippen molar-refractivity contribution >= 4 is 0 Å². The Kier molecular flexibility index (Phi) is 6.48. The lowest BCUT2D eigenvalue weighted by Crippen LogP contribution is -2.62. The topological polar surface area (TPSA) is 49.0 Å². The Balaban J connectivity index is 2.43. The van der Waals surface area contributed by atoms with Crippen LogP contribution in [0.4, 0.5) is 0 Å². The van der Waals surface area contributed by atoms with Crippen LogP contribution in [0.2, 0.25) is 0 Å². The van der Waals surface area contributed by atoms with E-state index >= 15 is 0 Å². The summed E-state index contributed by atoms with van der Waals surface area (Å²) in [5.74, 6) is -1.21. The molecule has 2 rings (SSSR count). The molecule has 0 heterocycles. The van der Waals surface area contributed by atoms with Crippen molar-refractivity contribution in [2.45, 2.75) is 25.0 Å². The number of rotatable bonds is 9. The van der Waals surface area contributed by atoms with E-state index in [1.807, 2.05) is 67.6 Å². The fourth-order valence-corrected chi connectivity index (χ4v) is 2.72. The van der Waals surface area contributed by atoms with Crippen molar-refractivity contribution in [1.29, 1.82) is 0 Å². The predicted octanol–water partition coefficient (Wildman–Crippen LogP) is 3.22. The molecule has 0 aliphatic rings. The Morgan fingerprint density at radius 2 is 1.42 bits per heavy atom. The molecule has 5 nitrogen and oxygen atoms in total. The highest BCUT2D eigenvalue weighted by Crippen LogP contribution is 2.39. The summed E-state index contributed by atoms with van der Waals surface area (Å²) < 4.78 is 17.8. The molecule has 0 amide bonds. The highest BCUT2D eigenvalue weighted by atomic mass is 16.7. The molecule has 2 aromatic rings. The van der Waals surface area contributed by atoms with Crippen LogP contribution in [0, 0.1) is 0 Å². The average Bonchev–Trinajstić information content (AvgIpc) is 2.64. The molecule has 0 fully saturated rings. The van der Waals surface area contributed by atoms with E-state index in [1.165, 1.54) is 7.11 Å².